The summed E-state index contributed by atoms with van der Waals surface area (Å²) in [5, 5.41) is 2.14. The van der Waals surface area contributed by atoms with Crippen LogP contribution < -0.4 is 4.90 Å². The third-order valence-corrected chi connectivity index (χ3v) is 6.48. The lowest BCUT2D eigenvalue weighted by molar-refractivity contribution is -0.133. The third kappa shape index (κ3) is 3.16. The minimum atomic E-state index is 0.193. The molecule has 1 aromatic heterocycles. The molecule has 5 heteroatoms. The van der Waals surface area contributed by atoms with Crippen LogP contribution in [-0.2, 0) is 22.4 Å². The quantitative estimate of drug-likeness (QED) is 0.820. The first kappa shape index (κ1) is 17.3. The van der Waals surface area contributed by atoms with Gasteiger partial charge in [0.15, 0.2) is 0 Å². The van der Waals surface area contributed by atoms with Crippen LogP contribution in [0.1, 0.15) is 48.2 Å². The van der Waals surface area contributed by atoms with Gasteiger partial charge in [-0.1, -0.05) is 19.1 Å². The van der Waals surface area contributed by atoms with Gasteiger partial charge < -0.3 is 9.80 Å². The van der Waals surface area contributed by atoms with Crippen LogP contribution in [0.4, 0.5) is 5.69 Å². The number of hydrogen-bond donors (Lipinski definition) is 0. The molecule has 4 rings (SSSR count). The Labute approximate surface area is 158 Å². The SMILES string of the molecule is CCC1c2ccsc2CCN1C(=O)Cc1ccc(N2CCCC2=O)cc1. The summed E-state index contributed by atoms with van der Waals surface area (Å²) >= 11 is 1.81. The molecule has 0 saturated carbocycles. The van der Waals surface area contributed by atoms with Crippen LogP contribution in [-0.4, -0.2) is 29.8 Å². The van der Waals surface area contributed by atoms with E-state index in [1.54, 1.807) is 11.3 Å². The summed E-state index contributed by atoms with van der Waals surface area (Å²) in [6.45, 7) is 3.76. The summed E-state index contributed by atoms with van der Waals surface area (Å²) in [5.41, 5.74) is 3.28. The zero-order valence-corrected chi connectivity index (χ0v) is 15.9. The Balaban J connectivity index is 1.45. The Morgan fingerprint density at radius 1 is 1.15 bits per heavy atom. The molecule has 1 atom stereocenters. The van der Waals surface area contributed by atoms with Crippen molar-refractivity contribution in [2.75, 3.05) is 18.0 Å². The zero-order chi connectivity index (χ0) is 18.1. The van der Waals surface area contributed by atoms with Gasteiger partial charge in [0.2, 0.25) is 11.8 Å². The Hall–Kier alpha value is -2.14. The first-order valence-corrected chi connectivity index (χ1v) is 10.3. The Bertz CT molecular complexity index is 812. The fourth-order valence-corrected chi connectivity index (χ4v) is 5.05. The van der Waals surface area contributed by atoms with E-state index in [2.05, 4.69) is 18.4 Å². The third-order valence-electron chi connectivity index (χ3n) is 5.48. The summed E-state index contributed by atoms with van der Waals surface area (Å²) in [7, 11) is 0. The lowest BCUT2D eigenvalue weighted by atomic mass is 9.97. The molecule has 136 valence electrons. The normalized spacial score (nSPS) is 19.7. The van der Waals surface area contributed by atoms with Crippen LogP contribution in [0, 0.1) is 0 Å². The van der Waals surface area contributed by atoms with Gasteiger partial charge in [-0.25, -0.2) is 0 Å². The minimum absolute atomic E-state index is 0.193. The molecule has 1 fully saturated rings. The van der Waals surface area contributed by atoms with Crippen molar-refractivity contribution < 1.29 is 9.59 Å². The lowest BCUT2D eigenvalue weighted by Crippen LogP contribution is -2.40. The first-order valence-electron chi connectivity index (χ1n) is 9.42. The average Bonchev–Trinajstić information content (AvgIpc) is 3.30. The second-order valence-corrected chi connectivity index (χ2v) is 8.05. The monoisotopic (exact) mass is 368 g/mol. The number of carbonyl (C=O) groups excluding carboxylic acids is 2. The highest BCUT2D eigenvalue weighted by Crippen LogP contribution is 2.35. The number of carbonyl (C=O) groups is 2. The molecule has 0 bridgehead atoms. The first-order chi connectivity index (χ1) is 12.7. The van der Waals surface area contributed by atoms with Crippen molar-refractivity contribution in [2.45, 2.75) is 45.1 Å². The van der Waals surface area contributed by atoms with Crippen LogP contribution in [0.3, 0.4) is 0 Å². The maximum atomic E-state index is 12.9. The Morgan fingerprint density at radius 3 is 2.65 bits per heavy atom. The minimum Gasteiger partial charge on any atom is -0.335 e. The molecular weight excluding hydrogens is 344 g/mol. The Morgan fingerprint density at radius 2 is 1.96 bits per heavy atom. The number of thiophene rings is 1. The second-order valence-electron chi connectivity index (χ2n) is 7.05. The van der Waals surface area contributed by atoms with E-state index in [-0.39, 0.29) is 17.9 Å². The van der Waals surface area contributed by atoms with E-state index in [0.29, 0.717) is 12.8 Å². The molecule has 0 N–H and O–H groups in total. The summed E-state index contributed by atoms with van der Waals surface area (Å²) in [6, 6.07) is 10.3. The highest BCUT2D eigenvalue weighted by Gasteiger charge is 2.30. The number of benzene rings is 1. The Kier molecular flexibility index (Phi) is 4.81. The van der Waals surface area contributed by atoms with Crippen molar-refractivity contribution in [3.8, 4) is 0 Å². The fourth-order valence-electron chi connectivity index (χ4n) is 4.13. The highest BCUT2D eigenvalue weighted by atomic mass is 32.1. The molecule has 0 spiro atoms. The fraction of sp³-hybridized carbons (Fsp3) is 0.429. The van der Waals surface area contributed by atoms with E-state index >= 15 is 0 Å². The predicted octanol–water partition coefficient (Wildman–Crippen LogP) is 3.95. The van der Waals surface area contributed by atoms with Gasteiger partial charge in [-0.15, -0.1) is 11.3 Å². The molecule has 3 heterocycles. The molecule has 0 radical (unpaired) electrons. The number of nitrogens with zero attached hydrogens (tertiary/aromatic N) is 2. The highest BCUT2D eigenvalue weighted by molar-refractivity contribution is 7.10. The van der Waals surface area contributed by atoms with E-state index in [1.807, 2.05) is 34.1 Å². The maximum absolute atomic E-state index is 12.9. The van der Waals surface area contributed by atoms with E-state index < -0.39 is 0 Å². The smallest absolute Gasteiger partial charge is 0.227 e. The van der Waals surface area contributed by atoms with Crippen molar-refractivity contribution in [1.82, 2.24) is 4.90 Å². The molecule has 2 aromatic rings. The van der Waals surface area contributed by atoms with Gasteiger partial charge in [-0.05, 0) is 54.0 Å². The number of fused-ring (bicyclic) bond motifs is 1. The van der Waals surface area contributed by atoms with Gasteiger partial charge in [0.25, 0.3) is 0 Å². The van der Waals surface area contributed by atoms with Gasteiger partial charge >= 0.3 is 0 Å². The standard InChI is InChI=1S/C21H24N2O2S/c1-2-18-17-10-13-26-19(17)9-12-23(18)21(25)14-15-5-7-16(8-6-15)22-11-3-4-20(22)24/h5-8,10,13,18H,2-4,9,11-12,14H2,1H3. The van der Waals surface area contributed by atoms with Crippen LogP contribution in [0.25, 0.3) is 0 Å². The molecule has 2 aliphatic heterocycles. The molecule has 2 aliphatic rings. The van der Waals surface area contributed by atoms with Crippen LogP contribution >= 0.6 is 11.3 Å². The number of anilines is 1. The largest absolute Gasteiger partial charge is 0.335 e. The van der Waals surface area contributed by atoms with E-state index in [1.165, 1.54) is 10.4 Å². The molecule has 26 heavy (non-hydrogen) atoms. The molecular formula is C21H24N2O2S. The maximum Gasteiger partial charge on any atom is 0.227 e. The van der Waals surface area contributed by atoms with Gasteiger partial charge in [-0.3, -0.25) is 9.59 Å². The van der Waals surface area contributed by atoms with Gasteiger partial charge in [0.05, 0.1) is 12.5 Å². The number of amides is 2. The van der Waals surface area contributed by atoms with Crippen molar-refractivity contribution >= 4 is 28.8 Å². The van der Waals surface area contributed by atoms with Crippen LogP contribution in [0.2, 0.25) is 0 Å². The predicted molar refractivity (Wildman–Crippen MR) is 105 cm³/mol. The topological polar surface area (TPSA) is 40.6 Å². The lowest BCUT2D eigenvalue weighted by Gasteiger charge is -2.35. The molecule has 4 nitrogen and oxygen atoms in total. The molecule has 1 saturated heterocycles. The van der Waals surface area contributed by atoms with Gasteiger partial charge in [0.1, 0.15) is 0 Å². The average molecular weight is 369 g/mol. The van der Waals surface area contributed by atoms with Crippen LogP contribution in [0.15, 0.2) is 35.7 Å². The number of hydrogen-bond acceptors (Lipinski definition) is 3. The van der Waals surface area contributed by atoms with Crippen molar-refractivity contribution in [3.05, 3.63) is 51.7 Å². The molecule has 1 unspecified atom stereocenters. The van der Waals surface area contributed by atoms with Crippen molar-refractivity contribution in [2.24, 2.45) is 0 Å². The molecule has 1 aromatic carbocycles. The van der Waals surface area contributed by atoms with Crippen LogP contribution in [0.5, 0.6) is 0 Å². The molecule has 0 aliphatic carbocycles. The molecule has 2 amide bonds. The summed E-state index contributed by atoms with van der Waals surface area (Å²) in [6.07, 6.45) is 3.90. The zero-order valence-electron chi connectivity index (χ0n) is 15.1. The van der Waals surface area contributed by atoms with Crippen molar-refractivity contribution in [3.63, 3.8) is 0 Å². The summed E-state index contributed by atoms with van der Waals surface area (Å²) in [5.74, 6) is 0.387. The number of rotatable bonds is 4. The van der Waals surface area contributed by atoms with E-state index in [4.69, 9.17) is 0 Å². The van der Waals surface area contributed by atoms with E-state index in [9.17, 15) is 9.59 Å². The van der Waals surface area contributed by atoms with Gasteiger partial charge in [-0.2, -0.15) is 0 Å². The summed E-state index contributed by atoms with van der Waals surface area (Å²) in [4.78, 5) is 30.1. The van der Waals surface area contributed by atoms with E-state index in [0.717, 1.165) is 43.6 Å². The summed E-state index contributed by atoms with van der Waals surface area (Å²) < 4.78 is 0. The van der Waals surface area contributed by atoms with Gasteiger partial charge in [0, 0.05) is 30.1 Å². The van der Waals surface area contributed by atoms with Crippen molar-refractivity contribution in [1.29, 1.82) is 0 Å². The second kappa shape index (κ2) is 7.23.